The molecule has 15 nitrogen and oxygen atoms in total. The first-order valence-electron chi connectivity index (χ1n) is 13.9. The Hall–Kier alpha value is -5.55. The monoisotopic (exact) mass is 680 g/mol. The highest BCUT2D eigenvalue weighted by Gasteiger charge is 2.54. The molecule has 0 unspecified atom stereocenters. The number of aromatic hydroxyl groups is 2. The van der Waals surface area contributed by atoms with Gasteiger partial charge in [0.2, 0.25) is 0 Å². The second-order valence-electron chi connectivity index (χ2n) is 9.89. The largest absolute Gasteiger partial charge is 0.504 e. The molecule has 47 heavy (non-hydrogen) atoms. The summed E-state index contributed by atoms with van der Waals surface area (Å²) in [6.07, 6.45) is 2.75. The maximum Gasteiger partial charge on any atom is 0.413 e. The minimum atomic E-state index is -0.996. The molecule has 2 aliphatic heterocycles. The van der Waals surface area contributed by atoms with Crippen molar-refractivity contribution in [2.24, 2.45) is 5.16 Å². The lowest BCUT2D eigenvalue weighted by atomic mass is 9.82. The molecule has 0 bridgehead atoms. The zero-order valence-electron chi connectivity index (χ0n) is 24.8. The molecule has 2 atom stereocenters. The summed E-state index contributed by atoms with van der Waals surface area (Å²) in [6, 6.07) is 2.73. The summed E-state index contributed by atoms with van der Waals surface area (Å²) < 4.78 is 10.2. The number of carbonyl (C=O) groups excluding carboxylic acids is 4. The fraction of sp³-hybridized carbons (Fsp3) is 0.233. The summed E-state index contributed by atoms with van der Waals surface area (Å²) in [5, 5.41) is 32.3. The summed E-state index contributed by atoms with van der Waals surface area (Å²) in [4.78, 5) is 67.0. The molecule has 1 saturated heterocycles. The van der Waals surface area contributed by atoms with Gasteiger partial charge in [-0.3, -0.25) is 19.8 Å². The van der Waals surface area contributed by atoms with Gasteiger partial charge in [0.15, 0.2) is 22.3 Å². The van der Waals surface area contributed by atoms with E-state index in [9.17, 15) is 29.4 Å². The number of aromatic nitrogens is 2. The summed E-state index contributed by atoms with van der Waals surface area (Å²) in [7, 11) is 1.24. The number of carbonyl (C=O) groups is 4. The van der Waals surface area contributed by atoms with Crippen LogP contribution in [0.25, 0.3) is 16.1 Å². The number of esters is 1. The van der Waals surface area contributed by atoms with Gasteiger partial charge in [-0.05, 0) is 31.0 Å². The van der Waals surface area contributed by atoms with Crippen LogP contribution in [0.5, 0.6) is 11.5 Å². The molecule has 0 aliphatic carbocycles. The van der Waals surface area contributed by atoms with Gasteiger partial charge in [-0.1, -0.05) is 30.5 Å². The van der Waals surface area contributed by atoms with E-state index in [0.29, 0.717) is 34.7 Å². The number of anilines is 1. The second kappa shape index (κ2) is 14.3. The third kappa shape index (κ3) is 6.85. The van der Waals surface area contributed by atoms with Crippen LogP contribution in [0.3, 0.4) is 0 Å². The van der Waals surface area contributed by atoms with Crippen molar-refractivity contribution in [3.63, 3.8) is 0 Å². The van der Waals surface area contributed by atoms with Crippen LogP contribution < -0.4 is 10.6 Å². The number of amides is 3. The Morgan fingerprint density at radius 1 is 1.11 bits per heavy atom. The van der Waals surface area contributed by atoms with E-state index in [2.05, 4.69) is 38.9 Å². The number of thiazole rings is 2. The fourth-order valence-electron chi connectivity index (χ4n) is 4.91. The van der Waals surface area contributed by atoms with Crippen molar-refractivity contribution < 1.29 is 43.7 Å². The van der Waals surface area contributed by atoms with Crippen LogP contribution in [0.1, 0.15) is 24.2 Å². The number of hydrogen-bond donors (Lipinski definition) is 4. The van der Waals surface area contributed by atoms with E-state index in [1.807, 2.05) is 0 Å². The quantitative estimate of drug-likeness (QED) is 0.0546. The number of fused-ring (bicyclic) bond motifs is 1. The molecule has 2 aromatic heterocycles. The van der Waals surface area contributed by atoms with E-state index < -0.39 is 36.0 Å². The van der Waals surface area contributed by atoms with Gasteiger partial charge >= 0.3 is 12.1 Å². The third-order valence-corrected chi connectivity index (χ3v) is 8.62. The SMILES string of the molecule is C=CCOC(=O)Nc1nc(/C(=N/OC)C(=O)N[C@@H]2C(=O)N3C(C(=O)OCC=C)=C(c4csc(-c5ccc(O)c(O)c5)n4)CC[C@H]23)cs1. The molecule has 2 aliphatic rings. The van der Waals surface area contributed by atoms with Crippen LogP contribution in [0.2, 0.25) is 0 Å². The molecule has 4 N–H and O–H groups in total. The first kappa shape index (κ1) is 32.8. The maximum absolute atomic E-state index is 13.5. The molecule has 1 aromatic carbocycles. The Labute approximate surface area is 275 Å². The Morgan fingerprint density at radius 3 is 2.60 bits per heavy atom. The average Bonchev–Trinajstić information content (AvgIpc) is 3.74. The topological polar surface area (TPSA) is 202 Å². The van der Waals surface area contributed by atoms with Gasteiger partial charge in [0.1, 0.15) is 42.8 Å². The lowest BCUT2D eigenvalue weighted by Gasteiger charge is -2.50. The number of allylic oxidation sites excluding steroid dienone is 1. The summed E-state index contributed by atoms with van der Waals surface area (Å²) in [5.41, 5.74) is 1.32. The number of benzene rings is 1. The normalized spacial score (nSPS) is 17.3. The molecule has 5 rings (SSSR count). The number of phenolic OH excluding ortho intramolecular Hbond substituents is 2. The van der Waals surface area contributed by atoms with E-state index in [1.54, 1.807) is 11.4 Å². The first-order valence-corrected chi connectivity index (χ1v) is 15.7. The predicted octanol–water partition coefficient (Wildman–Crippen LogP) is 3.39. The zero-order chi connectivity index (χ0) is 33.7. The van der Waals surface area contributed by atoms with Crippen LogP contribution in [-0.4, -0.2) is 87.1 Å². The lowest BCUT2D eigenvalue weighted by molar-refractivity contribution is -0.156. The van der Waals surface area contributed by atoms with E-state index in [0.717, 1.165) is 11.3 Å². The highest BCUT2D eigenvalue weighted by atomic mass is 32.1. The van der Waals surface area contributed by atoms with Crippen LogP contribution in [-0.2, 0) is 28.7 Å². The standard InChI is InChI=1S/C30H28N6O9S2/c1-4-10-44-28(41)24-16(17-13-46-26(31-17)15-6-9-20(37)21(38)12-15)7-8-19-23(27(40)36(19)24)33-25(39)22(35-43-3)18-14-47-29(32-18)34-30(42)45-11-5-2/h4-6,9,12-14,19,23,37-38H,1-2,7-8,10-11H2,3H3,(H,33,39)(H,32,34,42)/b35-22-/t19-,23+/m1/s1. The van der Waals surface area contributed by atoms with Crippen molar-refractivity contribution >= 4 is 63.0 Å². The van der Waals surface area contributed by atoms with Crippen molar-refractivity contribution in [2.45, 2.75) is 24.9 Å². The van der Waals surface area contributed by atoms with Crippen molar-refractivity contribution in [3.8, 4) is 22.1 Å². The van der Waals surface area contributed by atoms with Crippen LogP contribution in [0.15, 0.2) is 65.1 Å². The van der Waals surface area contributed by atoms with E-state index in [1.165, 1.54) is 53.0 Å². The number of ether oxygens (including phenoxy) is 2. The van der Waals surface area contributed by atoms with Crippen LogP contribution in [0, 0.1) is 0 Å². The minimum absolute atomic E-state index is 0.00313. The number of nitrogens with zero attached hydrogens (tertiary/aromatic N) is 4. The Balaban J connectivity index is 1.36. The Bertz CT molecular complexity index is 1810. The van der Waals surface area contributed by atoms with Gasteiger partial charge in [-0.25, -0.2) is 19.6 Å². The zero-order valence-corrected chi connectivity index (χ0v) is 26.4. The van der Waals surface area contributed by atoms with E-state index >= 15 is 0 Å². The lowest BCUT2D eigenvalue weighted by Crippen LogP contribution is -2.72. The average molecular weight is 681 g/mol. The van der Waals surface area contributed by atoms with Gasteiger partial charge in [0.25, 0.3) is 11.8 Å². The van der Waals surface area contributed by atoms with E-state index in [-0.39, 0.29) is 46.9 Å². The molecule has 0 radical (unpaired) electrons. The number of oxime groups is 1. The van der Waals surface area contributed by atoms with Crippen molar-refractivity contribution in [1.29, 1.82) is 0 Å². The van der Waals surface area contributed by atoms with Crippen LogP contribution in [0.4, 0.5) is 9.93 Å². The third-order valence-electron chi connectivity index (χ3n) is 6.97. The van der Waals surface area contributed by atoms with Crippen molar-refractivity contribution in [2.75, 3.05) is 25.6 Å². The Kier molecular flexibility index (Phi) is 9.96. The molecular weight excluding hydrogens is 652 g/mol. The molecule has 3 amide bonds. The highest BCUT2D eigenvalue weighted by molar-refractivity contribution is 7.14. The molecule has 3 aromatic rings. The summed E-state index contributed by atoms with van der Waals surface area (Å²) in [6.45, 7) is 6.94. The van der Waals surface area contributed by atoms with Gasteiger partial charge in [0.05, 0.1) is 11.7 Å². The van der Waals surface area contributed by atoms with E-state index in [4.69, 9.17) is 14.3 Å². The minimum Gasteiger partial charge on any atom is -0.504 e. The number of rotatable bonds is 12. The van der Waals surface area contributed by atoms with Gasteiger partial charge in [-0.2, -0.15) is 0 Å². The molecular formula is C30H28N6O9S2. The smallest absolute Gasteiger partial charge is 0.413 e. The number of nitrogens with one attached hydrogen (secondary N) is 2. The first-order chi connectivity index (χ1) is 22.7. The van der Waals surface area contributed by atoms with Gasteiger partial charge in [-0.15, -0.1) is 22.7 Å². The molecule has 4 heterocycles. The molecule has 0 spiro atoms. The van der Waals surface area contributed by atoms with Crippen LogP contribution >= 0.6 is 22.7 Å². The predicted molar refractivity (Wildman–Crippen MR) is 172 cm³/mol. The van der Waals surface area contributed by atoms with Gasteiger partial charge < -0.3 is 29.8 Å². The summed E-state index contributed by atoms with van der Waals surface area (Å²) in [5.74, 6) is -2.64. The molecule has 0 saturated carbocycles. The molecule has 244 valence electrons. The Morgan fingerprint density at radius 2 is 1.87 bits per heavy atom. The summed E-state index contributed by atoms with van der Waals surface area (Å²) >= 11 is 2.27. The molecule has 1 fully saturated rings. The molecule has 17 heteroatoms. The van der Waals surface area contributed by atoms with Gasteiger partial charge in [0, 0.05) is 21.9 Å². The fourth-order valence-corrected chi connectivity index (χ4v) is 6.42. The maximum atomic E-state index is 13.5. The van der Waals surface area contributed by atoms with Crippen molar-refractivity contribution in [3.05, 3.63) is 71.4 Å². The highest BCUT2D eigenvalue weighted by Crippen LogP contribution is 2.42. The second-order valence-corrected chi connectivity index (χ2v) is 11.6. The number of phenols is 2. The van der Waals surface area contributed by atoms with Crippen molar-refractivity contribution in [1.82, 2.24) is 20.2 Å². The number of hydrogen-bond acceptors (Lipinski definition) is 14. The number of β-lactam (4-membered cyclic amide) rings is 1.